The number of nitrogens with two attached hydrogens (primary N) is 1. The molecule has 2 aromatic carbocycles. The molecule has 0 spiro atoms. The van der Waals surface area contributed by atoms with Crippen LogP contribution in [0.1, 0.15) is 23.1 Å². The summed E-state index contributed by atoms with van der Waals surface area (Å²) in [6, 6.07) is 11.2. The van der Waals surface area contributed by atoms with Crippen LogP contribution >= 0.6 is 22.9 Å². The van der Waals surface area contributed by atoms with E-state index in [9.17, 15) is 4.79 Å². The van der Waals surface area contributed by atoms with Crippen LogP contribution in [0.2, 0.25) is 5.02 Å². The Morgan fingerprint density at radius 3 is 2.61 bits per heavy atom. The van der Waals surface area contributed by atoms with Gasteiger partial charge in [0.15, 0.2) is 11.5 Å². The maximum absolute atomic E-state index is 12.0. The lowest BCUT2D eigenvalue weighted by molar-refractivity contribution is -0.120. The maximum atomic E-state index is 12.0. The third-order valence-electron chi connectivity index (χ3n) is 4.58. The van der Waals surface area contributed by atoms with Crippen molar-refractivity contribution in [1.29, 1.82) is 0 Å². The first kappa shape index (κ1) is 27.2. The van der Waals surface area contributed by atoms with Gasteiger partial charge < -0.3 is 24.7 Å². The molecule has 3 N–H and O–H groups in total. The number of benzene rings is 2. The fourth-order valence-electron chi connectivity index (χ4n) is 2.99. The lowest BCUT2D eigenvalue weighted by Crippen LogP contribution is -2.19. The maximum Gasteiger partial charge on any atom is 0.247 e. The molecule has 0 saturated heterocycles. The molecule has 0 atom stereocenters. The Labute approximate surface area is 218 Å². The summed E-state index contributed by atoms with van der Waals surface area (Å²) < 4.78 is 22.8. The molecule has 0 aliphatic carbocycles. The summed E-state index contributed by atoms with van der Waals surface area (Å²) in [5.41, 5.74) is 9.65. The quantitative estimate of drug-likeness (QED) is 0.182. The van der Waals surface area contributed by atoms with Crippen molar-refractivity contribution in [3.05, 3.63) is 57.6 Å². The van der Waals surface area contributed by atoms with Gasteiger partial charge in [-0.15, -0.1) is 10.2 Å². The molecule has 3 rings (SSSR count). The van der Waals surface area contributed by atoms with Crippen molar-refractivity contribution < 1.29 is 23.7 Å². The summed E-state index contributed by atoms with van der Waals surface area (Å²) in [6.45, 7) is 5.78. The topological polar surface area (TPSA) is 130 Å². The number of hydrazone groups is 1. The van der Waals surface area contributed by atoms with Crippen molar-refractivity contribution in [2.75, 3.05) is 38.8 Å². The van der Waals surface area contributed by atoms with Gasteiger partial charge in [-0.05, 0) is 43.2 Å². The fraction of sp³-hybridized carbons (Fsp3) is 0.333. The number of nitrogens with one attached hydrogen (secondary N) is 1. The summed E-state index contributed by atoms with van der Waals surface area (Å²) in [4.78, 5) is 12.0. The fourth-order valence-corrected chi connectivity index (χ4v) is 3.87. The van der Waals surface area contributed by atoms with Crippen LogP contribution in [-0.4, -0.2) is 55.4 Å². The molecular weight excluding hydrogens is 506 g/mol. The van der Waals surface area contributed by atoms with E-state index in [2.05, 4.69) is 20.7 Å². The van der Waals surface area contributed by atoms with Crippen molar-refractivity contribution in [3.8, 4) is 17.2 Å². The van der Waals surface area contributed by atoms with E-state index in [0.29, 0.717) is 58.7 Å². The van der Waals surface area contributed by atoms with Crippen molar-refractivity contribution >= 4 is 40.2 Å². The standard InChI is InChI=1S/C24H28ClN5O5S/c1-3-33-20-13-17(15-27-28-21(31)14-22-29-30-24(26)36-22)12-18(25)23(20)35-11-9-32-8-10-34-19-7-5-4-6-16(19)2/h4-7,12-13,15H,3,8-11,14H2,1-2H3,(H2,26,30)(H,28,31)/b27-15-. The van der Waals surface area contributed by atoms with Crippen LogP contribution in [0.5, 0.6) is 17.2 Å². The minimum Gasteiger partial charge on any atom is -0.491 e. The number of hydrogen-bond acceptors (Lipinski definition) is 10. The summed E-state index contributed by atoms with van der Waals surface area (Å²) in [5, 5.41) is 12.6. The number of amides is 1. The molecule has 1 aromatic heterocycles. The van der Waals surface area contributed by atoms with E-state index < -0.39 is 0 Å². The minimum atomic E-state index is -0.345. The lowest BCUT2D eigenvalue weighted by atomic mass is 10.2. The Kier molecular flexibility index (Phi) is 10.7. The molecule has 10 nitrogen and oxygen atoms in total. The Balaban J connectivity index is 1.45. The predicted molar refractivity (Wildman–Crippen MR) is 139 cm³/mol. The van der Waals surface area contributed by atoms with E-state index in [4.69, 9.17) is 36.3 Å². The number of rotatable bonds is 14. The van der Waals surface area contributed by atoms with Crippen LogP contribution in [0.15, 0.2) is 41.5 Å². The molecule has 3 aromatic rings. The number of nitrogen functional groups attached to an aromatic ring is 1. The van der Waals surface area contributed by atoms with Gasteiger partial charge in [0.25, 0.3) is 0 Å². The summed E-state index contributed by atoms with van der Waals surface area (Å²) in [7, 11) is 0. The number of aromatic nitrogens is 2. The van der Waals surface area contributed by atoms with Gasteiger partial charge in [0.05, 0.1) is 37.5 Å². The second-order valence-corrected chi connectivity index (χ2v) is 8.84. The van der Waals surface area contributed by atoms with E-state index in [1.165, 1.54) is 6.21 Å². The molecule has 0 bridgehead atoms. The summed E-state index contributed by atoms with van der Waals surface area (Å²) in [6.07, 6.45) is 1.49. The average molecular weight is 534 g/mol. The van der Waals surface area contributed by atoms with Gasteiger partial charge in [0, 0.05) is 0 Å². The molecule has 1 amide bonds. The highest BCUT2D eigenvalue weighted by Gasteiger charge is 2.13. The second kappa shape index (κ2) is 14.2. The van der Waals surface area contributed by atoms with Crippen LogP contribution in [0.25, 0.3) is 0 Å². The van der Waals surface area contributed by atoms with E-state index in [1.807, 2.05) is 38.1 Å². The highest BCUT2D eigenvalue weighted by molar-refractivity contribution is 7.15. The number of ether oxygens (including phenoxy) is 4. The van der Waals surface area contributed by atoms with Crippen LogP contribution in [0.4, 0.5) is 5.13 Å². The monoisotopic (exact) mass is 533 g/mol. The van der Waals surface area contributed by atoms with E-state index in [0.717, 1.165) is 22.6 Å². The molecule has 0 radical (unpaired) electrons. The normalized spacial score (nSPS) is 11.0. The van der Waals surface area contributed by atoms with Gasteiger partial charge in [-0.2, -0.15) is 5.10 Å². The number of para-hydroxylation sites is 1. The van der Waals surface area contributed by atoms with E-state index in [1.54, 1.807) is 12.1 Å². The largest absolute Gasteiger partial charge is 0.491 e. The average Bonchev–Trinajstić information content (AvgIpc) is 3.25. The van der Waals surface area contributed by atoms with Crippen LogP contribution in [-0.2, 0) is 16.0 Å². The van der Waals surface area contributed by atoms with Gasteiger partial charge in [0.2, 0.25) is 11.0 Å². The zero-order chi connectivity index (χ0) is 25.8. The van der Waals surface area contributed by atoms with Crippen molar-refractivity contribution in [2.24, 2.45) is 5.10 Å². The third kappa shape index (κ3) is 8.67. The molecule has 0 fully saturated rings. The highest BCUT2D eigenvalue weighted by atomic mass is 35.5. The molecular formula is C24H28ClN5O5S. The van der Waals surface area contributed by atoms with E-state index in [-0.39, 0.29) is 18.9 Å². The Hall–Kier alpha value is -3.41. The first-order valence-electron chi connectivity index (χ1n) is 11.2. The first-order valence-corrected chi connectivity index (χ1v) is 12.4. The number of carbonyl (C=O) groups excluding carboxylic acids is 1. The van der Waals surface area contributed by atoms with Crippen molar-refractivity contribution in [1.82, 2.24) is 15.6 Å². The Bertz CT molecular complexity index is 1170. The molecule has 36 heavy (non-hydrogen) atoms. The number of halogens is 1. The van der Waals surface area contributed by atoms with Crippen LogP contribution < -0.4 is 25.4 Å². The van der Waals surface area contributed by atoms with Crippen molar-refractivity contribution in [3.63, 3.8) is 0 Å². The molecule has 0 aliphatic heterocycles. The minimum absolute atomic E-state index is 0.0318. The highest BCUT2D eigenvalue weighted by Crippen LogP contribution is 2.36. The molecule has 192 valence electrons. The predicted octanol–water partition coefficient (Wildman–Crippen LogP) is 3.65. The first-order chi connectivity index (χ1) is 17.5. The lowest BCUT2D eigenvalue weighted by Gasteiger charge is -2.14. The van der Waals surface area contributed by atoms with Gasteiger partial charge in [-0.1, -0.05) is 41.1 Å². The molecule has 1 heterocycles. The zero-order valence-corrected chi connectivity index (χ0v) is 21.6. The van der Waals surface area contributed by atoms with Crippen LogP contribution in [0, 0.1) is 6.92 Å². The Morgan fingerprint density at radius 2 is 1.89 bits per heavy atom. The number of hydrogen-bond donors (Lipinski definition) is 2. The van der Waals surface area contributed by atoms with Crippen molar-refractivity contribution in [2.45, 2.75) is 20.3 Å². The second-order valence-electron chi connectivity index (χ2n) is 7.34. The van der Waals surface area contributed by atoms with Gasteiger partial charge in [-0.3, -0.25) is 4.79 Å². The molecule has 12 heteroatoms. The molecule has 0 aliphatic rings. The molecule has 0 saturated carbocycles. The SMILES string of the molecule is CCOc1cc(/C=N\NC(=O)Cc2nnc(N)s2)cc(Cl)c1OCCOCCOc1ccccc1C. The zero-order valence-electron chi connectivity index (χ0n) is 20.0. The van der Waals surface area contributed by atoms with E-state index >= 15 is 0 Å². The number of nitrogens with zero attached hydrogens (tertiary/aromatic N) is 3. The smallest absolute Gasteiger partial charge is 0.247 e. The summed E-state index contributed by atoms with van der Waals surface area (Å²) >= 11 is 7.57. The van der Waals surface area contributed by atoms with Gasteiger partial charge in [0.1, 0.15) is 24.0 Å². The Morgan fingerprint density at radius 1 is 1.11 bits per heavy atom. The molecule has 0 unspecified atom stereocenters. The number of carbonyl (C=O) groups is 1. The van der Waals surface area contributed by atoms with Gasteiger partial charge >= 0.3 is 0 Å². The number of aryl methyl sites for hydroxylation is 1. The number of anilines is 1. The van der Waals surface area contributed by atoms with Crippen LogP contribution in [0.3, 0.4) is 0 Å². The third-order valence-corrected chi connectivity index (χ3v) is 5.61. The van der Waals surface area contributed by atoms with Gasteiger partial charge in [-0.25, -0.2) is 5.43 Å². The summed E-state index contributed by atoms with van der Waals surface area (Å²) in [5.74, 6) is 1.37.